The molecule has 1 rings (SSSR count). The molecule has 0 radical (unpaired) electrons. The van der Waals surface area contributed by atoms with Crippen LogP contribution in [0.15, 0.2) is 0 Å². The summed E-state index contributed by atoms with van der Waals surface area (Å²) < 4.78 is 0. The molecule has 0 aromatic heterocycles. The number of aliphatic hydroxyl groups is 3. The van der Waals surface area contributed by atoms with Gasteiger partial charge in [-0.25, -0.2) is 0 Å². The predicted octanol–water partition coefficient (Wildman–Crippen LogP) is -1.72. The molecule has 0 aromatic carbocycles. The lowest BCUT2D eigenvalue weighted by Crippen LogP contribution is -2.46. The zero-order chi connectivity index (χ0) is 11.6. The summed E-state index contributed by atoms with van der Waals surface area (Å²) in [6.07, 6.45) is -2.38. The van der Waals surface area contributed by atoms with Crippen LogP contribution in [0.4, 0.5) is 0 Å². The Morgan fingerprint density at radius 1 is 1.27 bits per heavy atom. The molecular formula is C9H17NO5. The fraction of sp³-hybridized carbons (Fsp3) is 0.889. The Hall–Kier alpha value is -0.690. The van der Waals surface area contributed by atoms with Crippen LogP contribution in [0.25, 0.3) is 0 Å². The third kappa shape index (κ3) is 3.13. The molecule has 1 aliphatic rings. The highest BCUT2D eigenvalue weighted by Gasteiger charge is 2.35. The van der Waals surface area contributed by atoms with Gasteiger partial charge >= 0.3 is 5.97 Å². The Labute approximate surface area is 87.3 Å². The molecule has 0 heterocycles. The van der Waals surface area contributed by atoms with Gasteiger partial charge in [-0.05, 0) is 25.2 Å². The largest absolute Gasteiger partial charge is 0.480 e. The van der Waals surface area contributed by atoms with Crippen LogP contribution in [-0.4, -0.2) is 50.7 Å². The lowest BCUT2D eigenvalue weighted by molar-refractivity contribution is -0.140. The molecule has 6 N–H and O–H groups in total. The maximum Gasteiger partial charge on any atom is 0.320 e. The summed E-state index contributed by atoms with van der Waals surface area (Å²) in [5.41, 5.74) is 5.35. The SMILES string of the molecule is N[C@@H](CC1CC(O)C(O)C(O)C1)C(=O)O. The van der Waals surface area contributed by atoms with Crippen molar-refractivity contribution in [1.82, 2.24) is 0 Å². The molecule has 0 aliphatic heterocycles. The first-order chi connectivity index (χ1) is 6.91. The van der Waals surface area contributed by atoms with Crippen molar-refractivity contribution in [3.05, 3.63) is 0 Å². The van der Waals surface area contributed by atoms with E-state index in [0.717, 1.165) is 0 Å². The van der Waals surface area contributed by atoms with Gasteiger partial charge < -0.3 is 26.2 Å². The van der Waals surface area contributed by atoms with E-state index >= 15 is 0 Å². The van der Waals surface area contributed by atoms with Gasteiger partial charge in [-0.2, -0.15) is 0 Å². The summed E-state index contributed by atoms with van der Waals surface area (Å²) in [5.74, 6) is -1.25. The molecule has 0 saturated heterocycles. The Bertz CT molecular complexity index is 223. The molecule has 88 valence electrons. The Morgan fingerprint density at radius 2 is 1.73 bits per heavy atom. The molecule has 15 heavy (non-hydrogen) atoms. The molecule has 1 fully saturated rings. The lowest BCUT2D eigenvalue weighted by Gasteiger charge is -2.34. The average Bonchev–Trinajstić information content (AvgIpc) is 2.13. The molecule has 1 aliphatic carbocycles. The van der Waals surface area contributed by atoms with Crippen LogP contribution in [0.3, 0.4) is 0 Å². The fourth-order valence-corrected chi connectivity index (χ4v) is 1.97. The van der Waals surface area contributed by atoms with E-state index in [1.54, 1.807) is 0 Å². The van der Waals surface area contributed by atoms with Crippen LogP contribution in [0, 0.1) is 5.92 Å². The first-order valence-electron chi connectivity index (χ1n) is 4.94. The first kappa shape index (κ1) is 12.4. The van der Waals surface area contributed by atoms with Crippen molar-refractivity contribution in [3.63, 3.8) is 0 Å². The zero-order valence-corrected chi connectivity index (χ0v) is 8.28. The van der Waals surface area contributed by atoms with Crippen molar-refractivity contribution in [1.29, 1.82) is 0 Å². The van der Waals surface area contributed by atoms with E-state index in [0.29, 0.717) is 0 Å². The van der Waals surface area contributed by atoms with Crippen molar-refractivity contribution in [3.8, 4) is 0 Å². The first-order valence-corrected chi connectivity index (χ1v) is 4.94. The lowest BCUT2D eigenvalue weighted by atomic mass is 9.80. The third-order valence-electron chi connectivity index (χ3n) is 2.84. The number of carbonyl (C=O) groups is 1. The molecule has 2 unspecified atom stereocenters. The van der Waals surface area contributed by atoms with Crippen LogP contribution >= 0.6 is 0 Å². The molecule has 0 aromatic rings. The van der Waals surface area contributed by atoms with E-state index in [1.165, 1.54) is 0 Å². The molecule has 0 amide bonds. The number of hydrogen-bond acceptors (Lipinski definition) is 5. The van der Waals surface area contributed by atoms with E-state index in [-0.39, 0.29) is 25.2 Å². The van der Waals surface area contributed by atoms with E-state index in [2.05, 4.69) is 0 Å². The number of hydrogen-bond donors (Lipinski definition) is 5. The van der Waals surface area contributed by atoms with E-state index in [1.807, 2.05) is 0 Å². The van der Waals surface area contributed by atoms with Crippen molar-refractivity contribution in [2.45, 2.75) is 43.6 Å². The van der Waals surface area contributed by atoms with Gasteiger partial charge in [0.15, 0.2) is 0 Å². The quantitative estimate of drug-likeness (QED) is 0.384. The number of aliphatic carboxylic acids is 1. The topological polar surface area (TPSA) is 124 Å². The minimum atomic E-state index is -1.14. The van der Waals surface area contributed by atoms with E-state index in [4.69, 9.17) is 10.8 Å². The van der Waals surface area contributed by atoms with Gasteiger partial charge in [-0.15, -0.1) is 0 Å². The van der Waals surface area contributed by atoms with Gasteiger partial charge in [-0.3, -0.25) is 4.79 Å². The van der Waals surface area contributed by atoms with Crippen LogP contribution in [0.2, 0.25) is 0 Å². The second-order valence-corrected chi connectivity index (χ2v) is 4.14. The molecule has 6 nitrogen and oxygen atoms in total. The van der Waals surface area contributed by atoms with Crippen LogP contribution in [-0.2, 0) is 4.79 Å². The average molecular weight is 219 g/mol. The molecule has 6 heteroatoms. The number of rotatable bonds is 3. The molecule has 0 bridgehead atoms. The van der Waals surface area contributed by atoms with Crippen molar-refractivity contribution in [2.75, 3.05) is 0 Å². The Morgan fingerprint density at radius 3 is 2.13 bits per heavy atom. The standard InChI is InChI=1S/C9H17NO5/c10-5(9(14)15)1-4-2-6(11)8(13)7(12)3-4/h4-8,11-13H,1-3,10H2,(H,14,15)/t4?,5-,6?,7?,8?/m0/s1. The minimum absolute atomic E-state index is 0.163. The molecule has 3 atom stereocenters. The van der Waals surface area contributed by atoms with Crippen LogP contribution < -0.4 is 5.73 Å². The monoisotopic (exact) mass is 219 g/mol. The summed E-state index contributed by atoms with van der Waals surface area (Å²) in [5, 5.41) is 36.6. The summed E-state index contributed by atoms with van der Waals surface area (Å²) in [4.78, 5) is 10.5. The van der Waals surface area contributed by atoms with Gasteiger partial charge in [-0.1, -0.05) is 0 Å². The van der Waals surface area contributed by atoms with Crippen LogP contribution in [0.5, 0.6) is 0 Å². The summed E-state index contributed by atoms with van der Waals surface area (Å²) >= 11 is 0. The smallest absolute Gasteiger partial charge is 0.320 e. The predicted molar refractivity (Wildman–Crippen MR) is 51.0 cm³/mol. The second kappa shape index (κ2) is 4.89. The third-order valence-corrected chi connectivity index (χ3v) is 2.84. The van der Waals surface area contributed by atoms with Crippen LogP contribution in [0.1, 0.15) is 19.3 Å². The highest BCUT2D eigenvalue weighted by Crippen LogP contribution is 2.28. The number of aliphatic hydroxyl groups excluding tert-OH is 3. The van der Waals surface area contributed by atoms with Crippen molar-refractivity contribution < 1.29 is 25.2 Å². The number of carboxylic acids is 1. The minimum Gasteiger partial charge on any atom is -0.480 e. The number of nitrogens with two attached hydrogens (primary N) is 1. The van der Waals surface area contributed by atoms with Crippen molar-refractivity contribution >= 4 is 5.97 Å². The summed E-state index contributed by atoms with van der Waals surface area (Å²) in [7, 11) is 0. The highest BCUT2D eigenvalue weighted by atomic mass is 16.4. The molecular weight excluding hydrogens is 202 g/mol. The van der Waals surface area contributed by atoms with E-state index in [9.17, 15) is 20.1 Å². The molecule has 1 saturated carbocycles. The zero-order valence-electron chi connectivity index (χ0n) is 8.28. The maximum absolute atomic E-state index is 10.5. The maximum atomic E-state index is 10.5. The van der Waals surface area contributed by atoms with Gasteiger partial charge in [0.2, 0.25) is 0 Å². The molecule has 0 spiro atoms. The summed E-state index contributed by atoms with van der Waals surface area (Å²) in [6, 6.07) is -0.982. The van der Waals surface area contributed by atoms with Gasteiger partial charge in [0.1, 0.15) is 12.1 Å². The normalized spacial score (nSPS) is 38.7. The fourth-order valence-electron chi connectivity index (χ4n) is 1.97. The van der Waals surface area contributed by atoms with Gasteiger partial charge in [0.25, 0.3) is 0 Å². The van der Waals surface area contributed by atoms with Gasteiger partial charge in [0, 0.05) is 0 Å². The van der Waals surface area contributed by atoms with Gasteiger partial charge in [0.05, 0.1) is 12.2 Å². The number of carboxylic acid groups (broad SMARTS) is 1. The Balaban J connectivity index is 2.48. The Kier molecular flexibility index (Phi) is 4.04. The van der Waals surface area contributed by atoms with E-state index < -0.39 is 30.3 Å². The van der Waals surface area contributed by atoms with Crippen molar-refractivity contribution in [2.24, 2.45) is 11.7 Å². The highest BCUT2D eigenvalue weighted by molar-refractivity contribution is 5.73. The summed E-state index contributed by atoms with van der Waals surface area (Å²) in [6.45, 7) is 0. The second-order valence-electron chi connectivity index (χ2n) is 4.14.